The van der Waals surface area contributed by atoms with E-state index in [9.17, 15) is 40.4 Å². The van der Waals surface area contributed by atoms with Gasteiger partial charge in [0.15, 0.2) is 22.7 Å². The summed E-state index contributed by atoms with van der Waals surface area (Å²) in [6.45, 7) is 14.6. The van der Waals surface area contributed by atoms with Gasteiger partial charge in [-0.05, 0) is 110 Å². The smallest absolute Gasteiger partial charge is 0.343 e. The number of benzene rings is 2. The summed E-state index contributed by atoms with van der Waals surface area (Å²) in [5.41, 5.74) is 5.03. The number of rotatable bonds is 14. The van der Waals surface area contributed by atoms with Crippen molar-refractivity contribution in [3.05, 3.63) is 105 Å². The molecule has 1 spiro atoms. The van der Waals surface area contributed by atoms with E-state index in [-0.39, 0.29) is 81.9 Å². The molecular formula is C55H64N2O15. The predicted octanol–water partition coefficient (Wildman–Crippen LogP) is 5.80. The number of Topliss-reactive ketones (excluding diaryl/α,β-unsaturated/α-hetero) is 1. The molecule has 1 saturated heterocycles. The van der Waals surface area contributed by atoms with Gasteiger partial charge in [0.05, 0.1) is 30.4 Å². The van der Waals surface area contributed by atoms with Gasteiger partial charge in [-0.2, -0.15) is 5.26 Å². The number of carbonyl (C=O) groups is 3. The van der Waals surface area contributed by atoms with Crippen LogP contribution >= 0.6 is 0 Å². The van der Waals surface area contributed by atoms with E-state index >= 15 is 4.79 Å². The summed E-state index contributed by atoms with van der Waals surface area (Å²) in [7, 11) is 1.23. The van der Waals surface area contributed by atoms with Crippen LogP contribution in [-0.4, -0.2) is 104 Å². The van der Waals surface area contributed by atoms with Crippen LogP contribution in [0.15, 0.2) is 82.3 Å². The summed E-state index contributed by atoms with van der Waals surface area (Å²) >= 11 is 0. The number of nitrogens with zero attached hydrogens (tertiary/aromatic N) is 1. The van der Waals surface area contributed by atoms with Crippen LogP contribution in [0.4, 0.5) is 0 Å². The molecule has 0 radical (unpaired) electrons. The van der Waals surface area contributed by atoms with E-state index in [2.05, 4.69) is 12.1 Å². The Morgan fingerprint density at radius 2 is 1.68 bits per heavy atom. The fourth-order valence-corrected chi connectivity index (χ4v) is 11.1. The molecule has 11 atom stereocenters. The molecule has 4 aliphatic heterocycles. The van der Waals surface area contributed by atoms with E-state index in [4.69, 9.17) is 38.9 Å². The molecule has 72 heavy (non-hydrogen) atoms. The number of esters is 2. The van der Waals surface area contributed by atoms with Gasteiger partial charge >= 0.3 is 11.9 Å². The number of aliphatic hydroxyl groups excluding tert-OH is 4. The van der Waals surface area contributed by atoms with E-state index in [1.807, 2.05) is 66.7 Å². The van der Waals surface area contributed by atoms with Crippen molar-refractivity contribution in [2.45, 2.75) is 135 Å². The average Bonchev–Trinajstić information content (AvgIpc) is 3.34. The lowest BCUT2D eigenvalue weighted by Gasteiger charge is -2.65. The topological polar surface area (TPSA) is 267 Å². The maximum atomic E-state index is 15.2. The molecule has 17 nitrogen and oxygen atoms in total. The van der Waals surface area contributed by atoms with E-state index < -0.39 is 89.6 Å². The number of carbonyl (C=O) groups excluding carboxylic acids is 3. The van der Waals surface area contributed by atoms with Gasteiger partial charge in [0, 0.05) is 40.9 Å². The number of ketones is 1. The van der Waals surface area contributed by atoms with Gasteiger partial charge in [-0.25, -0.2) is 9.59 Å². The number of ether oxygens (including phenoxy) is 7. The average molecular weight is 993 g/mol. The van der Waals surface area contributed by atoms with Gasteiger partial charge in [-0.1, -0.05) is 43.2 Å². The van der Waals surface area contributed by atoms with Gasteiger partial charge in [0.1, 0.15) is 64.7 Å². The Morgan fingerprint density at radius 1 is 0.986 bits per heavy atom. The Hall–Kier alpha value is -6.26. The molecule has 4 fully saturated rings. The molecule has 0 amide bonds. The minimum Gasteiger partial charge on any atom is -0.482 e. The van der Waals surface area contributed by atoms with Crippen molar-refractivity contribution in [2.75, 3.05) is 13.7 Å². The number of hydrogen-bond acceptors (Lipinski definition) is 17. The summed E-state index contributed by atoms with van der Waals surface area (Å²) in [6.07, 6.45) is 2.91. The first-order valence-corrected chi connectivity index (χ1v) is 24.3. The Labute approximate surface area is 418 Å². The van der Waals surface area contributed by atoms with Crippen molar-refractivity contribution >= 4 is 29.6 Å². The molecule has 7 aliphatic rings. The number of nitriles is 1. The van der Waals surface area contributed by atoms with Crippen LogP contribution in [0, 0.1) is 35.0 Å². The molecule has 2 aromatic carbocycles. The lowest BCUT2D eigenvalue weighted by molar-refractivity contribution is -0.277. The largest absolute Gasteiger partial charge is 0.482 e. The summed E-state index contributed by atoms with van der Waals surface area (Å²) in [5, 5.41) is 65.1. The third-order valence-corrected chi connectivity index (χ3v) is 14.9. The summed E-state index contributed by atoms with van der Waals surface area (Å²) in [6, 6.07) is 7.81. The third kappa shape index (κ3) is 8.61. The van der Waals surface area contributed by atoms with Gasteiger partial charge in [-0.3, -0.25) is 4.79 Å². The van der Waals surface area contributed by atoms with Crippen molar-refractivity contribution in [2.24, 2.45) is 29.4 Å². The van der Waals surface area contributed by atoms with Gasteiger partial charge in [-0.15, -0.1) is 0 Å². The number of aliphatic hydroxyl groups is 5. The minimum atomic E-state index is -2.36. The first-order chi connectivity index (χ1) is 34.1. The molecule has 2 aromatic rings. The molecule has 0 aromatic heterocycles. The third-order valence-electron chi connectivity index (χ3n) is 14.9. The highest BCUT2D eigenvalue weighted by Gasteiger charge is 2.77. The number of allylic oxidation sites excluding steroid dienone is 5. The second-order valence-corrected chi connectivity index (χ2v) is 20.6. The van der Waals surface area contributed by atoms with Gasteiger partial charge in [0.25, 0.3) is 0 Å². The van der Waals surface area contributed by atoms with E-state index in [0.717, 1.165) is 11.1 Å². The van der Waals surface area contributed by atoms with Crippen molar-refractivity contribution in [3.8, 4) is 29.1 Å². The molecule has 9 rings (SSSR count). The first kappa shape index (κ1) is 52.1. The second-order valence-electron chi connectivity index (χ2n) is 20.6. The van der Waals surface area contributed by atoms with Crippen LogP contribution in [0.3, 0.4) is 0 Å². The highest BCUT2D eigenvalue weighted by molar-refractivity contribution is 6.01. The van der Waals surface area contributed by atoms with Crippen molar-refractivity contribution in [1.82, 2.24) is 0 Å². The predicted molar refractivity (Wildman–Crippen MR) is 261 cm³/mol. The van der Waals surface area contributed by atoms with Crippen LogP contribution in [0.2, 0.25) is 0 Å². The molecule has 3 saturated carbocycles. The zero-order valence-corrected chi connectivity index (χ0v) is 42.0. The summed E-state index contributed by atoms with van der Waals surface area (Å²) < 4.78 is 44.1. The molecule has 6 unspecified atom stereocenters. The lowest BCUT2D eigenvalue weighted by atomic mass is 9.43. The Kier molecular flexibility index (Phi) is 14.2. The van der Waals surface area contributed by atoms with Crippen LogP contribution < -0.4 is 24.7 Å². The SMILES string of the molecule is COC(=O)/C(C)=C\CC1(O)C(=O)C2CC(C(C)C)C13Oc1c(CC=C(C)C)c4c(c(OC(=O)c5ccc(O[C@H]6O[C@@H](CO)[C@H](O)[C@@H](O)[C@@H]6O)cc5)c1C1=C3C2C(C#N)=C(N)O1)C=CC(C)(CCC=C(C)C)O4. The standard InChI is InChI=1S/C55H64N2O15/c1-26(2)11-10-20-53(8)21-19-33-44(71-53)32(17-12-27(3)4)46-39(45(33)70-51(64)30-13-15-31(16-14-30)67-52-43(61)42(60)41(59)37(25-58)68-52)47-40-38(35(24-56)49(57)69-47)34-23-36(28(5)6)55(40,72-46)54(65,48(34)62)22-18-29(7)50(63)66-9/h11-16,18-19,21,28,34,36-38,41-43,52,58-61,65H,10,17,20,22-23,25,57H2,1-9H3/b29-18-/t34?,36?,37-,38?,41-,42+,43-,52-,53?,54?,55?/m0/s1. The second kappa shape index (κ2) is 19.6. The Morgan fingerprint density at radius 3 is 2.31 bits per heavy atom. The van der Waals surface area contributed by atoms with Crippen molar-refractivity contribution < 1.29 is 73.1 Å². The summed E-state index contributed by atoms with van der Waals surface area (Å²) in [4.78, 5) is 42.7. The molecule has 384 valence electrons. The number of hydrogen-bond donors (Lipinski definition) is 6. The highest BCUT2D eigenvalue weighted by atomic mass is 16.7. The van der Waals surface area contributed by atoms with E-state index in [1.165, 1.54) is 44.4 Å². The highest BCUT2D eigenvalue weighted by Crippen LogP contribution is 2.69. The molecular weight excluding hydrogens is 929 g/mol. The lowest BCUT2D eigenvalue weighted by Crippen LogP contribution is -2.78. The zero-order chi connectivity index (χ0) is 52.4. The molecule has 17 heteroatoms. The quantitative estimate of drug-likeness (QED) is 0.0565. The van der Waals surface area contributed by atoms with Crippen LogP contribution in [0.25, 0.3) is 11.8 Å². The summed E-state index contributed by atoms with van der Waals surface area (Å²) in [5.74, 6) is -4.71. The fourth-order valence-electron chi connectivity index (χ4n) is 11.1. The molecule has 7 N–H and O–H groups in total. The molecule has 2 bridgehead atoms. The van der Waals surface area contributed by atoms with Crippen LogP contribution in [-0.2, 0) is 30.2 Å². The Bertz CT molecular complexity index is 2790. The van der Waals surface area contributed by atoms with E-state index in [0.29, 0.717) is 29.7 Å². The molecule has 4 heterocycles. The van der Waals surface area contributed by atoms with Gasteiger partial charge < -0.3 is 64.4 Å². The van der Waals surface area contributed by atoms with Crippen molar-refractivity contribution in [1.29, 1.82) is 5.26 Å². The minimum absolute atomic E-state index is 0.0169. The maximum absolute atomic E-state index is 15.2. The number of fused-ring (bicyclic) bond motifs is 5. The monoisotopic (exact) mass is 992 g/mol. The first-order valence-electron chi connectivity index (χ1n) is 24.3. The zero-order valence-electron chi connectivity index (χ0n) is 42.0. The fraction of sp³-hybridized carbons (Fsp3) is 0.491. The van der Waals surface area contributed by atoms with Crippen LogP contribution in [0.5, 0.6) is 23.0 Å². The van der Waals surface area contributed by atoms with Gasteiger partial charge in [0.2, 0.25) is 12.2 Å². The van der Waals surface area contributed by atoms with Crippen molar-refractivity contribution in [3.63, 3.8) is 0 Å². The normalized spacial score (nSPS) is 31.0. The molecule has 3 aliphatic carbocycles. The Balaban J connectivity index is 1.35. The number of nitrogens with two attached hydrogens (primary N) is 1. The maximum Gasteiger partial charge on any atom is 0.343 e. The van der Waals surface area contributed by atoms with Crippen LogP contribution in [0.1, 0.15) is 108 Å². The number of methoxy groups -OCH3 is 1. The van der Waals surface area contributed by atoms with E-state index in [1.54, 1.807) is 0 Å².